The molecule has 2 aliphatic heterocycles. The molecule has 2 aromatic carbocycles. The molecule has 0 fully saturated rings. The average Bonchev–Trinajstić information content (AvgIpc) is 3.21. The molecule has 0 radical (unpaired) electrons. The van der Waals surface area contributed by atoms with Crippen molar-refractivity contribution in [3.05, 3.63) is 83.3 Å². The third-order valence-corrected chi connectivity index (χ3v) is 6.33. The zero-order chi connectivity index (χ0) is 20.9. The summed E-state index contributed by atoms with van der Waals surface area (Å²) < 4.78 is 23.8. The second-order valence-electron chi connectivity index (χ2n) is 7.08. The molecule has 0 spiro atoms. The van der Waals surface area contributed by atoms with Gasteiger partial charge in [0, 0.05) is 12.7 Å². The summed E-state index contributed by atoms with van der Waals surface area (Å²) in [6, 6.07) is 12.3. The SMILES string of the molecule is O=C(O)C1=CC=CN(Cc2ccc3c(c2)OCO3)C1SCCCc1ccc(F)cc1. The van der Waals surface area contributed by atoms with Gasteiger partial charge in [0.05, 0.1) is 5.57 Å². The van der Waals surface area contributed by atoms with Crippen LogP contribution in [0.5, 0.6) is 11.5 Å². The lowest BCUT2D eigenvalue weighted by atomic mass is 10.1. The molecule has 1 atom stereocenters. The molecule has 0 saturated heterocycles. The Kier molecular flexibility index (Phi) is 6.28. The van der Waals surface area contributed by atoms with Crippen molar-refractivity contribution in [3.8, 4) is 11.5 Å². The summed E-state index contributed by atoms with van der Waals surface area (Å²) in [5.74, 6) is 1.08. The Balaban J connectivity index is 1.40. The number of benzene rings is 2. The molecule has 30 heavy (non-hydrogen) atoms. The van der Waals surface area contributed by atoms with E-state index in [1.165, 1.54) is 12.1 Å². The van der Waals surface area contributed by atoms with Crippen molar-refractivity contribution in [1.82, 2.24) is 4.90 Å². The van der Waals surface area contributed by atoms with E-state index in [9.17, 15) is 14.3 Å². The van der Waals surface area contributed by atoms with Gasteiger partial charge in [0.15, 0.2) is 11.5 Å². The van der Waals surface area contributed by atoms with Gasteiger partial charge in [-0.05, 0) is 66.1 Å². The summed E-state index contributed by atoms with van der Waals surface area (Å²) in [5, 5.41) is 9.38. The Labute approximate surface area is 178 Å². The molecule has 1 unspecified atom stereocenters. The van der Waals surface area contributed by atoms with E-state index in [4.69, 9.17) is 9.47 Å². The highest BCUT2D eigenvalue weighted by Gasteiger charge is 2.27. The molecular formula is C23H22FNO4S. The van der Waals surface area contributed by atoms with Gasteiger partial charge in [0.1, 0.15) is 11.2 Å². The highest BCUT2D eigenvalue weighted by molar-refractivity contribution is 8.00. The molecule has 0 aromatic heterocycles. The van der Waals surface area contributed by atoms with Crippen LogP contribution in [0.1, 0.15) is 17.5 Å². The minimum atomic E-state index is -0.911. The first-order valence-electron chi connectivity index (χ1n) is 9.72. The normalized spacial score (nSPS) is 17.2. The topological polar surface area (TPSA) is 59.0 Å². The van der Waals surface area contributed by atoms with Crippen LogP contribution in [0.4, 0.5) is 4.39 Å². The molecule has 5 nitrogen and oxygen atoms in total. The maximum absolute atomic E-state index is 13.0. The lowest BCUT2D eigenvalue weighted by molar-refractivity contribution is -0.133. The largest absolute Gasteiger partial charge is 0.478 e. The minimum Gasteiger partial charge on any atom is -0.478 e. The number of rotatable bonds is 8. The lowest BCUT2D eigenvalue weighted by Crippen LogP contribution is -2.34. The van der Waals surface area contributed by atoms with Gasteiger partial charge < -0.3 is 19.5 Å². The highest BCUT2D eigenvalue weighted by atomic mass is 32.2. The molecule has 156 valence electrons. The van der Waals surface area contributed by atoms with Crippen molar-refractivity contribution >= 4 is 17.7 Å². The first kappa shape index (κ1) is 20.3. The number of carboxylic acids is 1. The standard InChI is InChI=1S/C23H22FNO4S/c24-18-8-5-16(6-9-18)3-2-12-30-22-19(23(26)27)4-1-11-25(22)14-17-7-10-20-21(13-17)29-15-28-20/h1,4-11,13,22H,2-3,12,14-15H2,(H,26,27). The summed E-state index contributed by atoms with van der Waals surface area (Å²) in [6.45, 7) is 0.786. The van der Waals surface area contributed by atoms with Crippen LogP contribution < -0.4 is 9.47 Å². The number of carboxylic acid groups (broad SMARTS) is 1. The van der Waals surface area contributed by atoms with Gasteiger partial charge in [0.25, 0.3) is 0 Å². The third-order valence-electron chi connectivity index (χ3n) is 4.97. The van der Waals surface area contributed by atoms with E-state index in [1.54, 1.807) is 36.0 Å². The van der Waals surface area contributed by atoms with Crippen LogP contribution >= 0.6 is 11.8 Å². The van der Waals surface area contributed by atoms with E-state index in [2.05, 4.69) is 0 Å². The molecule has 2 aliphatic rings. The number of halogens is 1. The van der Waals surface area contributed by atoms with E-state index in [-0.39, 0.29) is 18.0 Å². The third kappa shape index (κ3) is 4.79. The summed E-state index contributed by atoms with van der Waals surface area (Å²) in [4.78, 5) is 13.8. The number of aryl methyl sites for hydroxylation is 1. The fraction of sp³-hybridized carbons (Fsp3) is 0.261. The number of carbonyl (C=O) groups is 1. The van der Waals surface area contributed by atoms with Crippen molar-refractivity contribution in [2.75, 3.05) is 12.5 Å². The number of hydrogen-bond acceptors (Lipinski definition) is 5. The van der Waals surface area contributed by atoms with Gasteiger partial charge >= 0.3 is 5.97 Å². The van der Waals surface area contributed by atoms with Crippen LogP contribution in [-0.4, -0.2) is 33.9 Å². The maximum atomic E-state index is 13.0. The molecule has 1 N–H and O–H groups in total. The Hall–Kier alpha value is -2.93. The summed E-state index contributed by atoms with van der Waals surface area (Å²) in [5.41, 5.74) is 2.46. The van der Waals surface area contributed by atoms with E-state index in [1.807, 2.05) is 29.3 Å². The van der Waals surface area contributed by atoms with Crippen molar-refractivity contribution in [2.45, 2.75) is 24.8 Å². The molecular weight excluding hydrogens is 405 g/mol. The number of ether oxygens (including phenoxy) is 2. The number of aliphatic carboxylic acids is 1. The van der Waals surface area contributed by atoms with Gasteiger partial charge in [-0.3, -0.25) is 0 Å². The molecule has 4 rings (SSSR count). The van der Waals surface area contributed by atoms with Crippen LogP contribution in [-0.2, 0) is 17.8 Å². The average molecular weight is 427 g/mol. The molecule has 0 bridgehead atoms. The molecule has 2 aromatic rings. The van der Waals surface area contributed by atoms with E-state index >= 15 is 0 Å². The van der Waals surface area contributed by atoms with Crippen LogP contribution in [0.15, 0.2) is 66.4 Å². The fourth-order valence-electron chi connectivity index (χ4n) is 3.47. The second-order valence-corrected chi connectivity index (χ2v) is 8.27. The lowest BCUT2D eigenvalue weighted by Gasteiger charge is -2.33. The predicted molar refractivity (Wildman–Crippen MR) is 114 cm³/mol. The number of thioether (sulfide) groups is 1. The molecule has 0 saturated carbocycles. The molecule has 0 amide bonds. The Bertz CT molecular complexity index is 974. The van der Waals surface area contributed by atoms with Crippen LogP contribution in [0.3, 0.4) is 0 Å². The first-order valence-corrected chi connectivity index (χ1v) is 10.8. The minimum absolute atomic E-state index is 0.223. The Morgan fingerprint density at radius 3 is 2.70 bits per heavy atom. The number of allylic oxidation sites excluding steroid dienone is 2. The Morgan fingerprint density at radius 1 is 1.13 bits per heavy atom. The maximum Gasteiger partial charge on any atom is 0.334 e. The summed E-state index contributed by atoms with van der Waals surface area (Å²) in [7, 11) is 0. The van der Waals surface area contributed by atoms with Crippen molar-refractivity contribution in [2.24, 2.45) is 0 Å². The highest BCUT2D eigenvalue weighted by Crippen LogP contribution is 2.34. The summed E-state index contributed by atoms with van der Waals surface area (Å²) in [6.07, 6.45) is 7.06. The first-order chi connectivity index (χ1) is 14.6. The van der Waals surface area contributed by atoms with Gasteiger partial charge in [-0.25, -0.2) is 9.18 Å². The van der Waals surface area contributed by atoms with Crippen LogP contribution in [0.2, 0.25) is 0 Å². The van der Waals surface area contributed by atoms with Crippen molar-refractivity contribution in [1.29, 1.82) is 0 Å². The van der Waals surface area contributed by atoms with E-state index in [0.717, 1.165) is 35.5 Å². The summed E-state index contributed by atoms with van der Waals surface area (Å²) >= 11 is 1.60. The second kappa shape index (κ2) is 9.26. The predicted octanol–water partition coefficient (Wildman–Crippen LogP) is 4.59. The molecule has 2 heterocycles. The quantitative estimate of drug-likeness (QED) is 0.622. The van der Waals surface area contributed by atoms with Gasteiger partial charge in [-0.1, -0.05) is 18.2 Å². The van der Waals surface area contributed by atoms with Gasteiger partial charge in [0.2, 0.25) is 6.79 Å². The zero-order valence-electron chi connectivity index (χ0n) is 16.3. The van der Waals surface area contributed by atoms with Gasteiger partial charge in [-0.2, -0.15) is 0 Å². The van der Waals surface area contributed by atoms with Crippen LogP contribution in [0.25, 0.3) is 0 Å². The fourth-order valence-corrected chi connectivity index (χ4v) is 4.70. The molecule has 0 aliphatic carbocycles. The van der Waals surface area contributed by atoms with Crippen LogP contribution in [0, 0.1) is 5.82 Å². The number of nitrogens with zero attached hydrogens (tertiary/aromatic N) is 1. The zero-order valence-corrected chi connectivity index (χ0v) is 17.1. The molecule has 7 heteroatoms. The smallest absolute Gasteiger partial charge is 0.334 e. The monoisotopic (exact) mass is 427 g/mol. The number of fused-ring (bicyclic) bond motifs is 1. The van der Waals surface area contributed by atoms with E-state index in [0.29, 0.717) is 17.9 Å². The van der Waals surface area contributed by atoms with Crippen molar-refractivity contribution < 1.29 is 23.8 Å². The van der Waals surface area contributed by atoms with Gasteiger partial charge in [-0.15, -0.1) is 11.8 Å². The van der Waals surface area contributed by atoms with Crippen molar-refractivity contribution in [3.63, 3.8) is 0 Å². The van der Waals surface area contributed by atoms with E-state index < -0.39 is 5.97 Å². The number of hydrogen-bond donors (Lipinski definition) is 1. The Morgan fingerprint density at radius 2 is 1.90 bits per heavy atom.